The molecule has 0 radical (unpaired) electrons. The highest BCUT2D eigenvalue weighted by Gasteiger charge is 2.36. The Kier molecular flexibility index (Phi) is 3.53. The SMILES string of the molecule is Cn1cccc(Nc2ccc(N3CC4CNCC4C3)cn2)c1=O. The Balaban J connectivity index is 1.48. The van der Waals surface area contributed by atoms with E-state index in [0.29, 0.717) is 11.5 Å². The number of rotatable bonds is 3. The van der Waals surface area contributed by atoms with E-state index in [1.165, 1.54) is 0 Å². The lowest BCUT2D eigenvalue weighted by atomic mass is 10.0. The zero-order chi connectivity index (χ0) is 15.8. The van der Waals surface area contributed by atoms with Crippen molar-refractivity contribution in [2.45, 2.75) is 0 Å². The molecule has 2 N–H and O–H groups in total. The average Bonchev–Trinajstić information content (AvgIpc) is 3.14. The van der Waals surface area contributed by atoms with Gasteiger partial charge in [0.2, 0.25) is 0 Å². The lowest BCUT2D eigenvalue weighted by Crippen LogP contribution is -2.25. The molecule has 23 heavy (non-hydrogen) atoms. The van der Waals surface area contributed by atoms with E-state index in [0.717, 1.165) is 43.7 Å². The van der Waals surface area contributed by atoms with Gasteiger partial charge in [0.25, 0.3) is 5.56 Å². The molecule has 2 saturated heterocycles. The van der Waals surface area contributed by atoms with Crippen molar-refractivity contribution >= 4 is 17.2 Å². The van der Waals surface area contributed by atoms with Gasteiger partial charge in [0.05, 0.1) is 11.9 Å². The Morgan fingerprint density at radius 1 is 1.22 bits per heavy atom. The van der Waals surface area contributed by atoms with Crippen molar-refractivity contribution in [3.63, 3.8) is 0 Å². The normalized spacial score (nSPS) is 23.1. The van der Waals surface area contributed by atoms with Gasteiger partial charge in [0, 0.05) is 39.4 Å². The van der Waals surface area contributed by atoms with Gasteiger partial charge in [-0.15, -0.1) is 0 Å². The quantitative estimate of drug-likeness (QED) is 0.891. The molecule has 2 atom stereocenters. The van der Waals surface area contributed by atoms with E-state index < -0.39 is 0 Å². The summed E-state index contributed by atoms with van der Waals surface area (Å²) in [5, 5.41) is 6.56. The van der Waals surface area contributed by atoms with Gasteiger partial charge in [-0.3, -0.25) is 4.79 Å². The van der Waals surface area contributed by atoms with Crippen LogP contribution in [-0.2, 0) is 7.05 Å². The maximum Gasteiger partial charge on any atom is 0.274 e. The van der Waals surface area contributed by atoms with Crippen LogP contribution in [0.4, 0.5) is 17.2 Å². The molecular formula is C17H21N5O. The molecule has 0 aromatic carbocycles. The molecule has 0 spiro atoms. The van der Waals surface area contributed by atoms with E-state index in [-0.39, 0.29) is 5.56 Å². The lowest BCUT2D eigenvalue weighted by molar-refractivity contribution is 0.533. The van der Waals surface area contributed by atoms with Gasteiger partial charge < -0.3 is 20.1 Å². The highest BCUT2D eigenvalue weighted by atomic mass is 16.1. The standard InChI is InChI=1S/C17H21N5O/c1-21-6-2-3-15(17(21)23)20-16-5-4-14(9-19-16)22-10-12-7-18-8-13(12)11-22/h2-6,9,12-13,18H,7-8,10-11H2,1H3,(H,19,20). The molecular weight excluding hydrogens is 290 g/mol. The van der Waals surface area contributed by atoms with Crippen molar-refractivity contribution in [1.82, 2.24) is 14.9 Å². The maximum absolute atomic E-state index is 12.0. The van der Waals surface area contributed by atoms with Crippen molar-refractivity contribution in [3.05, 3.63) is 47.0 Å². The molecule has 4 rings (SSSR count). The van der Waals surface area contributed by atoms with E-state index >= 15 is 0 Å². The maximum atomic E-state index is 12.0. The second-order valence-corrected chi connectivity index (χ2v) is 6.45. The summed E-state index contributed by atoms with van der Waals surface area (Å²) in [6, 6.07) is 7.63. The summed E-state index contributed by atoms with van der Waals surface area (Å²) in [6.07, 6.45) is 3.63. The summed E-state index contributed by atoms with van der Waals surface area (Å²) in [4.78, 5) is 18.9. The highest BCUT2D eigenvalue weighted by molar-refractivity contribution is 5.57. The molecule has 2 aliphatic rings. The number of nitrogens with one attached hydrogen (secondary N) is 2. The minimum Gasteiger partial charge on any atom is -0.370 e. The molecule has 2 aromatic heterocycles. The van der Waals surface area contributed by atoms with Crippen LogP contribution in [0.25, 0.3) is 0 Å². The van der Waals surface area contributed by atoms with Crippen LogP contribution in [0.2, 0.25) is 0 Å². The number of fused-ring (bicyclic) bond motifs is 1. The molecule has 0 amide bonds. The van der Waals surface area contributed by atoms with Gasteiger partial charge in [-0.25, -0.2) is 4.98 Å². The number of pyridine rings is 2. The van der Waals surface area contributed by atoms with Crippen molar-refractivity contribution in [2.75, 3.05) is 36.4 Å². The van der Waals surface area contributed by atoms with Gasteiger partial charge in [-0.05, 0) is 36.1 Å². The molecule has 4 heterocycles. The third-order valence-corrected chi connectivity index (χ3v) is 4.89. The van der Waals surface area contributed by atoms with Crippen LogP contribution in [0.3, 0.4) is 0 Å². The number of aromatic nitrogens is 2. The molecule has 0 aliphatic carbocycles. The van der Waals surface area contributed by atoms with Gasteiger partial charge in [-0.2, -0.15) is 0 Å². The third kappa shape index (κ3) is 2.70. The number of aryl methyl sites for hydroxylation is 1. The fourth-order valence-electron chi connectivity index (χ4n) is 3.54. The molecule has 2 aliphatic heterocycles. The third-order valence-electron chi connectivity index (χ3n) is 4.89. The zero-order valence-corrected chi connectivity index (χ0v) is 13.2. The lowest BCUT2D eigenvalue weighted by Gasteiger charge is -2.19. The summed E-state index contributed by atoms with van der Waals surface area (Å²) in [6.45, 7) is 4.47. The second-order valence-electron chi connectivity index (χ2n) is 6.45. The first-order valence-electron chi connectivity index (χ1n) is 8.05. The molecule has 2 fully saturated rings. The number of hydrogen-bond acceptors (Lipinski definition) is 5. The summed E-state index contributed by atoms with van der Waals surface area (Å²) in [5.41, 5.74) is 1.64. The summed E-state index contributed by atoms with van der Waals surface area (Å²) < 4.78 is 1.55. The molecule has 0 bridgehead atoms. The Hall–Kier alpha value is -2.34. The largest absolute Gasteiger partial charge is 0.370 e. The fraction of sp³-hybridized carbons (Fsp3) is 0.412. The van der Waals surface area contributed by atoms with E-state index in [2.05, 4.69) is 26.6 Å². The van der Waals surface area contributed by atoms with Crippen molar-refractivity contribution < 1.29 is 0 Å². The van der Waals surface area contributed by atoms with Crippen LogP contribution in [-0.4, -0.2) is 35.7 Å². The van der Waals surface area contributed by atoms with Crippen LogP contribution in [0, 0.1) is 11.8 Å². The Morgan fingerprint density at radius 3 is 2.70 bits per heavy atom. The molecule has 6 heteroatoms. The Bertz CT molecular complexity index is 742. The Morgan fingerprint density at radius 2 is 2.00 bits per heavy atom. The zero-order valence-electron chi connectivity index (χ0n) is 13.2. The van der Waals surface area contributed by atoms with Crippen molar-refractivity contribution in [2.24, 2.45) is 18.9 Å². The van der Waals surface area contributed by atoms with Crippen molar-refractivity contribution in [1.29, 1.82) is 0 Å². The average molecular weight is 311 g/mol. The van der Waals surface area contributed by atoms with E-state index in [1.54, 1.807) is 23.9 Å². The molecule has 120 valence electrons. The fourth-order valence-corrected chi connectivity index (χ4v) is 3.54. The molecule has 6 nitrogen and oxygen atoms in total. The Labute approximate surface area is 135 Å². The molecule has 0 saturated carbocycles. The smallest absolute Gasteiger partial charge is 0.274 e. The van der Waals surface area contributed by atoms with E-state index in [9.17, 15) is 4.79 Å². The van der Waals surface area contributed by atoms with E-state index in [1.807, 2.05) is 18.3 Å². The molecule has 2 aromatic rings. The summed E-state index contributed by atoms with van der Waals surface area (Å²) in [5.74, 6) is 2.22. The van der Waals surface area contributed by atoms with Crippen molar-refractivity contribution in [3.8, 4) is 0 Å². The van der Waals surface area contributed by atoms with Gasteiger partial charge >= 0.3 is 0 Å². The van der Waals surface area contributed by atoms with Crippen LogP contribution in [0.15, 0.2) is 41.5 Å². The first-order chi connectivity index (χ1) is 11.2. The monoisotopic (exact) mass is 311 g/mol. The van der Waals surface area contributed by atoms with Gasteiger partial charge in [0.15, 0.2) is 0 Å². The number of anilines is 3. The van der Waals surface area contributed by atoms with Crippen LogP contribution in [0.1, 0.15) is 0 Å². The van der Waals surface area contributed by atoms with Gasteiger partial charge in [0.1, 0.15) is 11.5 Å². The number of nitrogens with zero attached hydrogens (tertiary/aromatic N) is 3. The van der Waals surface area contributed by atoms with E-state index in [4.69, 9.17) is 0 Å². The topological polar surface area (TPSA) is 62.2 Å². The van der Waals surface area contributed by atoms with Crippen LogP contribution >= 0.6 is 0 Å². The summed E-state index contributed by atoms with van der Waals surface area (Å²) >= 11 is 0. The predicted octanol–water partition coefficient (Wildman–Crippen LogP) is 1.18. The second kappa shape index (κ2) is 5.70. The summed E-state index contributed by atoms with van der Waals surface area (Å²) in [7, 11) is 1.74. The molecule has 2 unspecified atom stereocenters. The van der Waals surface area contributed by atoms with Crippen LogP contribution < -0.4 is 21.1 Å². The minimum atomic E-state index is -0.0572. The highest BCUT2D eigenvalue weighted by Crippen LogP contribution is 2.30. The first-order valence-corrected chi connectivity index (χ1v) is 8.05. The predicted molar refractivity (Wildman–Crippen MR) is 91.3 cm³/mol. The first kappa shape index (κ1) is 14.3. The van der Waals surface area contributed by atoms with Crippen LogP contribution in [0.5, 0.6) is 0 Å². The minimum absolute atomic E-state index is 0.0572. The number of hydrogen-bond donors (Lipinski definition) is 2. The van der Waals surface area contributed by atoms with Gasteiger partial charge in [-0.1, -0.05) is 0 Å².